The molecule has 0 bridgehead atoms. The van der Waals surface area contributed by atoms with Crippen molar-refractivity contribution in [3.63, 3.8) is 0 Å². The zero-order valence-corrected chi connectivity index (χ0v) is 19.1. The van der Waals surface area contributed by atoms with Crippen molar-refractivity contribution < 1.29 is 0 Å². The van der Waals surface area contributed by atoms with E-state index in [-0.39, 0.29) is 5.41 Å². The van der Waals surface area contributed by atoms with E-state index in [1.165, 1.54) is 44.5 Å². The predicted molar refractivity (Wildman–Crippen MR) is 136 cm³/mol. The van der Waals surface area contributed by atoms with E-state index in [1.54, 1.807) is 0 Å². The van der Waals surface area contributed by atoms with Crippen LogP contribution < -0.4 is 0 Å². The van der Waals surface area contributed by atoms with E-state index < -0.39 is 0 Å². The van der Waals surface area contributed by atoms with Crippen LogP contribution in [0.25, 0.3) is 22.3 Å². The first-order valence-electron chi connectivity index (χ1n) is 11.2. The van der Waals surface area contributed by atoms with Gasteiger partial charge in [-0.15, -0.1) is 0 Å². The van der Waals surface area contributed by atoms with E-state index in [0.29, 0.717) is 11.8 Å². The van der Waals surface area contributed by atoms with Crippen molar-refractivity contribution in [2.75, 3.05) is 0 Å². The lowest BCUT2D eigenvalue weighted by atomic mass is 9.65. The molecule has 3 aliphatic rings. The Bertz CT molecular complexity index is 1460. The Morgan fingerprint density at radius 2 is 1.28 bits per heavy atom. The molecule has 32 heavy (non-hydrogen) atoms. The minimum Gasteiger partial charge on any atom is -0.0789 e. The van der Waals surface area contributed by atoms with Gasteiger partial charge >= 0.3 is 0 Å². The Labute approximate surface area is 197 Å². The molecule has 3 aliphatic carbocycles. The normalized spacial score (nSPS) is 23.7. The number of hydrogen-bond acceptors (Lipinski definition) is 0. The Balaban J connectivity index is 1.56. The van der Waals surface area contributed by atoms with Crippen molar-refractivity contribution >= 4 is 15.9 Å². The number of halogens is 1. The van der Waals surface area contributed by atoms with Crippen molar-refractivity contribution in [1.29, 1.82) is 0 Å². The summed E-state index contributed by atoms with van der Waals surface area (Å²) in [5, 5.41) is 0. The Morgan fingerprint density at radius 1 is 0.594 bits per heavy atom. The first-order valence-corrected chi connectivity index (χ1v) is 12.0. The molecular formula is C31H21Br. The molecule has 0 aromatic heterocycles. The van der Waals surface area contributed by atoms with Gasteiger partial charge in [-0.25, -0.2) is 0 Å². The molecule has 0 aliphatic heterocycles. The van der Waals surface area contributed by atoms with Crippen LogP contribution in [0.1, 0.15) is 28.2 Å². The molecule has 0 N–H and O–H groups in total. The summed E-state index contributed by atoms with van der Waals surface area (Å²) in [7, 11) is 0. The first kappa shape index (κ1) is 18.4. The second-order valence-electron chi connectivity index (χ2n) is 9.00. The highest BCUT2D eigenvalue weighted by Crippen LogP contribution is 2.65. The first-order chi connectivity index (χ1) is 15.8. The molecule has 7 rings (SSSR count). The highest BCUT2D eigenvalue weighted by Gasteiger charge is 2.56. The lowest BCUT2D eigenvalue weighted by molar-refractivity contribution is 0.465. The molecule has 3 atom stereocenters. The molecule has 0 fully saturated rings. The maximum atomic E-state index is 3.76. The number of benzene rings is 4. The van der Waals surface area contributed by atoms with Crippen LogP contribution in [-0.4, -0.2) is 0 Å². The summed E-state index contributed by atoms with van der Waals surface area (Å²) in [6, 6.07) is 33.8. The largest absolute Gasteiger partial charge is 0.0789 e. The lowest BCUT2D eigenvalue weighted by Gasteiger charge is -2.36. The summed E-state index contributed by atoms with van der Waals surface area (Å²) in [4.78, 5) is 0. The van der Waals surface area contributed by atoms with Gasteiger partial charge in [0.25, 0.3) is 0 Å². The predicted octanol–water partition coefficient (Wildman–Crippen LogP) is 8.27. The number of fused-ring (bicyclic) bond motifs is 10. The van der Waals surface area contributed by atoms with Crippen LogP contribution in [0, 0.1) is 5.92 Å². The van der Waals surface area contributed by atoms with Crippen molar-refractivity contribution in [3.8, 4) is 22.3 Å². The van der Waals surface area contributed by atoms with E-state index >= 15 is 0 Å². The highest BCUT2D eigenvalue weighted by atomic mass is 79.9. The molecule has 4 aromatic carbocycles. The van der Waals surface area contributed by atoms with Gasteiger partial charge in [-0.05, 0) is 56.6 Å². The van der Waals surface area contributed by atoms with Gasteiger partial charge in [0.05, 0.1) is 5.41 Å². The maximum absolute atomic E-state index is 3.76. The minimum atomic E-state index is -0.138. The quantitative estimate of drug-likeness (QED) is 0.261. The fourth-order valence-electron chi connectivity index (χ4n) is 6.47. The number of hydrogen-bond donors (Lipinski definition) is 0. The highest BCUT2D eigenvalue weighted by molar-refractivity contribution is 9.10. The third-order valence-electron chi connectivity index (χ3n) is 7.65. The van der Waals surface area contributed by atoms with Crippen molar-refractivity contribution in [1.82, 2.24) is 0 Å². The molecule has 0 saturated carbocycles. The fourth-order valence-corrected chi connectivity index (χ4v) is 6.99. The molecule has 1 spiro atoms. The molecule has 0 saturated heterocycles. The van der Waals surface area contributed by atoms with Crippen LogP contribution in [0.15, 0.2) is 120 Å². The van der Waals surface area contributed by atoms with Crippen LogP contribution in [0.5, 0.6) is 0 Å². The van der Waals surface area contributed by atoms with Crippen LogP contribution in [0.2, 0.25) is 0 Å². The van der Waals surface area contributed by atoms with Crippen LogP contribution in [0.4, 0.5) is 0 Å². The minimum absolute atomic E-state index is 0.138. The summed E-state index contributed by atoms with van der Waals surface area (Å²) < 4.78 is 1.13. The Kier molecular flexibility index (Phi) is 3.84. The molecule has 152 valence electrons. The summed E-state index contributed by atoms with van der Waals surface area (Å²) in [5.74, 6) is 0.805. The van der Waals surface area contributed by atoms with Gasteiger partial charge in [0.15, 0.2) is 0 Å². The maximum Gasteiger partial charge on any atom is 0.0537 e. The van der Waals surface area contributed by atoms with Gasteiger partial charge in [-0.2, -0.15) is 0 Å². The van der Waals surface area contributed by atoms with Gasteiger partial charge in [0.2, 0.25) is 0 Å². The van der Waals surface area contributed by atoms with Gasteiger partial charge in [0, 0.05) is 16.3 Å². The molecule has 0 nitrogen and oxygen atoms in total. The van der Waals surface area contributed by atoms with Crippen LogP contribution in [0.3, 0.4) is 0 Å². The van der Waals surface area contributed by atoms with Gasteiger partial charge in [-0.3, -0.25) is 0 Å². The van der Waals surface area contributed by atoms with Crippen LogP contribution >= 0.6 is 15.9 Å². The van der Waals surface area contributed by atoms with Gasteiger partial charge in [-0.1, -0.05) is 119 Å². The Morgan fingerprint density at radius 3 is 2.16 bits per heavy atom. The average Bonchev–Trinajstić information content (AvgIpc) is 3.31. The lowest BCUT2D eigenvalue weighted by Crippen LogP contribution is -2.32. The molecule has 0 heterocycles. The second-order valence-corrected chi connectivity index (χ2v) is 9.86. The molecule has 1 heteroatoms. The molecule has 0 radical (unpaired) electrons. The fraction of sp³-hybridized carbons (Fsp3) is 0.0968. The van der Waals surface area contributed by atoms with Crippen molar-refractivity contribution in [2.24, 2.45) is 5.92 Å². The Hall–Kier alpha value is -3.16. The third kappa shape index (κ3) is 2.22. The van der Waals surface area contributed by atoms with Gasteiger partial charge in [0.1, 0.15) is 0 Å². The van der Waals surface area contributed by atoms with E-state index in [4.69, 9.17) is 0 Å². The molecular weight excluding hydrogens is 452 g/mol. The van der Waals surface area contributed by atoms with E-state index in [2.05, 4.69) is 131 Å². The van der Waals surface area contributed by atoms with Gasteiger partial charge < -0.3 is 0 Å². The van der Waals surface area contributed by atoms with E-state index in [1.807, 2.05) is 0 Å². The zero-order chi connectivity index (χ0) is 21.3. The number of allylic oxidation sites excluding steroid dienone is 4. The monoisotopic (exact) mass is 472 g/mol. The summed E-state index contributed by atoms with van der Waals surface area (Å²) in [5.41, 5.74) is 10.9. The molecule has 0 amide bonds. The van der Waals surface area contributed by atoms with Crippen molar-refractivity contribution in [2.45, 2.75) is 11.3 Å². The summed E-state index contributed by atoms with van der Waals surface area (Å²) in [6.07, 6.45) is 9.30. The van der Waals surface area contributed by atoms with Crippen LogP contribution in [-0.2, 0) is 5.41 Å². The average molecular weight is 473 g/mol. The number of rotatable bonds is 1. The van der Waals surface area contributed by atoms with E-state index in [0.717, 1.165) is 4.47 Å². The molecule has 3 unspecified atom stereocenters. The molecule has 4 aromatic rings. The topological polar surface area (TPSA) is 0 Å². The smallest absolute Gasteiger partial charge is 0.0537 e. The summed E-state index contributed by atoms with van der Waals surface area (Å²) in [6.45, 7) is 0. The zero-order valence-electron chi connectivity index (χ0n) is 17.5. The standard InChI is InChI=1S/C31H21Br/c32-30-16-8-4-9-21(30)20-17-18-29-25(19-20)24-12-3-7-15-28(24)31(29)26-13-5-1-10-22(26)23-11-2-6-14-27(23)31/h1-19,22,26H. The second kappa shape index (κ2) is 6.67. The van der Waals surface area contributed by atoms with E-state index in [9.17, 15) is 0 Å². The third-order valence-corrected chi connectivity index (χ3v) is 8.34. The van der Waals surface area contributed by atoms with Crippen molar-refractivity contribution in [3.05, 3.63) is 142 Å². The SMILES string of the molecule is Brc1ccccc1-c1ccc2c(c1)-c1ccccc1C21c2ccccc2C2C=CC=CC21. The summed E-state index contributed by atoms with van der Waals surface area (Å²) >= 11 is 3.76.